The number of nitrogens with one attached hydrogen (secondary N) is 2. The van der Waals surface area contributed by atoms with Crippen LogP contribution in [0, 0.1) is 17.2 Å². The average Bonchev–Trinajstić information content (AvgIpc) is 3.50. The minimum Gasteiger partial charge on any atom is -0.449 e. The first-order valence-electron chi connectivity index (χ1n) is 9.99. The molecule has 30 heavy (non-hydrogen) atoms. The number of carbonyl (C=O) groups excluding carboxylic acids is 2. The smallest absolute Gasteiger partial charge is 0.407 e. The molecule has 7 nitrogen and oxygen atoms in total. The van der Waals surface area contributed by atoms with Crippen LogP contribution in [-0.2, 0) is 22.4 Å². The third-order valence-electron chi connectivity index (χ3n) is 5.18. The van der Waals surface area contributed by atoms with E-state index in [0.29, 0.717) is 17.2 Å². The van der Waals surface area contributed by atoms with Crippen molar-refractivity contribution < 1.29 is 14.3 Å². The molecule has 2 aliphatic carbocycles. The van der Waals surface area contributed by atoms with Gasteiger partial charge in [-0.25, -0.2) is 4.79 Å². The van der Waals surface area contributed by atoms with E-state index in [-0.39, 0.29) is 24.0 Å². The van der Waals surface area contributed by atoms with Crippen molar-refractivity contribution in [2.75, 3.05) is 11.9 Å². The molecule has 2 aromatic heterocycles. The Bertz CT molecular complexity index is 1010. The molecule has 0 aromatic carbocycles. The number of pyridine rings is 1. The number of aromatic nitrogens is 1. The Balaban J connectivity index is 1.37. The molecule has 1 fully saturated rings. The number of hydrogen-bond donors (Lipinski definition) is 2. The van der Waals surface area contributed by atoms with Crippen LogP contribution in [0.5, 0.6) is 0 Å². The Hall–Kier alpha value is -3.18. The van der Waals surface area contributed by atoms with E-state index in [4.69, 9.17) is 4.74 Å². The number of anilines is 1. The molecule has 0 spiro atoms. The van der Waals surface area contributed by atoms with E-state index < -0.39 is 0 Å². The molecule has 1 atom stereocenters. The number of ether oxygens (including phenoxy) is 1. The number of nitriles is 1. The lowest BCUT2D eigenvalue weighted by molar-refractivity contribution is -0.111. The van der Waals surface area contributed by atoms with Crippen LogP contribution in [-0.4, -0.2) is 29.6 Å². The standard InChI is InChI=1S/C22H22N4O3S/c23-11-18-17-7-3-15(13-29-22(28)25-16-5-6-16)10-19(17)30-21(18)26-20(27)8-4-14-2-1-9-24-12-14/h1-2,4,8-9,12,15-16H,3,5-7,10,13H2,(H,25,28)(H,26,27). The second kappa shape index (κ2) is 9.09. The van der Waals surface area contributed by atoms with Gasteiger partial charge < -0.3 is 15.4 Å². The van der Waals surface area contributed by atoms with Gasteiger partial charge in [0.15, 0.2) is 0 Å². The number of nitrogens with zero attached hydrogens (tertiary/aromatic N) is 2. The van der Waals surface area contributed by atoms with Gasteiger partial charge in [-0.05, 0) is 61.3 Å². The maximum Gasteiger partial charge on any atom is 0.407 e. The topological polar surface area (TPSA) is 104 Å². The third-order valence-corrected chi connectivity index (χ3v) is 6.35. The highest BCUT2D eigenvalue weighted by molar-refractivity contribution is 7.16. The van der Waals surface area contributed by atoms with Crippen LogP contribution in [0.1, 0.15) is 40.8 Å². The summed E-state index contributed by atoms with van der Waals surface area (Å²) in [5.41, 5.74) is 2.38. The van der Waals surface area contributed by atoms with Crippen molar-refractivity contribution in [2.45, 2.75) is 38.1 Å². The first kappa shape index (κ1) is 20.1. The number of thiophene rings is 1. The Morgan fingerprint density at radius 2 is 2.23 bits per heavy atom. The number of alkyl carbamates (subject to hydrolysis) is 1. The monoisotopic (exact) mass is 422 g/mol. The van der Waals surface area contributed by atoms with E-state index >= 15 is 0 Å². The van der Waals surface area contributed by atoms with Crippen LogP contribution in [0.4, 0.5) is 9.80 Å². The molecule has 2 amide bonds. The fourth-order valence-corrected chi connectivity index (χ4v) is 4.75. The molecule has 2 N–H and O–H groups in total. The van der Waals surface area contributed by atoms with Gasteiger partial charge in [-0.15, -0.1) is 11.3 Å². The second-order valence-electron chi connectivity index (χ2n) is 7.55. The number of amides is 2. The van der Waals surface area contributed by atoms with Gasteiger partial charge in [0.2, 0.25) is 5.91 Å². The molecule has 0 saturated heterocycles. The number of hydrogen-bond acceptors (Lipinski definition) is 6. The lowest BCUT2D eigenvalue weighted by Crippen LogP contribution is -2.29. The zero-order chi connectivity index (χ0) is 20.9. The lowest BCUT2D eigenvalue weighted by atomic mass is 9.88. The summed E-state index contributed by atoms with van der Waals surface area (Å²) < 4.78 is 5.35. The van der Waals surface area contributed by atoms with Crippen molar-refractivity contribution in [3.8, 4) is 6.07 Å². The molecule has 0 bridgehead atoms. The van der Waals surface area contributed by atoms with Crippen LogP contribution in [0.3, 0.4) is 0 Å². The predicted octanol–water partition coefficient (Wildman–Crippen LogP) is 3.66. The van der Waals surface area contributed by atoms with E-state index in [1.54, 1.807) is 24.5 Å². The summed E-state index contributed by atoms with van der Waals surface area (Å²) in [6, 6.07) is 6.18. The first-order chi connectivity index (χ1) is 14.6. The quantitative estimate of drug-likeness (QED) is 0.692. The molecular weight excluding hydrogens is 400 g/mol. The van der Waals surface area contributed by atoms with Gasteiger partial charge in [-0.1, -0.05) is 6.07 Å². The van der Waals surface area contributed by atoms with Gasteiger partial charge in [0.1, 0.15) is 11.1 Å². The van der Waals surface area contributed by atoms with Crippen molar-refractivity contribution in [1.29, 1.82) is 5.26 Å². The normalized spacial score (nSPS) is 17.8. The zero-order valence-electron chi connectivity index (χ0n) is 16.4. The summed E-state index contributed by atoms with van der Waals surface area (Å²) in [6.07, 6.45) is 10.5. The highest BCUT2D eigenvalue weighted by Crippen LogP contribution is 2.39. The van der Waals surface area contributed by atoms with Gasteiger partial charge in [0.05, 0.1) is 12.2 Å². The summed E-state index contributed by atoms with van der Waals surface area (Å²) in [6.45, 7) is 0.368. The minimum atomic E-state index is -0.347. The molecule has 4 rings (SSSR count). The van der Waals surface area contributed by atoms with Crippen molar-refractivity contribution in [2.24, 2.45) is 5.92 Å². The van der Waals surface area contributed by atoms with Crippen LogP contribution >= 0.6 is 11.3 Å². The second-order valence-corrected chi connectivity index (χ2v) is 8.66. The fourth-order valence-electron chi connectivity index (χ4n) is 3.43. The molecule has 2 aromatic rings. The zero-order valence-corrected chi connectivity index (χ0v) is 17.2. The Morgan fingerprint density at radius 3 is 2.97 bits per heavy atom. The molecular formula is C22H22N4O3S. The van der Waals surface area contributed by atoms with Crippen LogP contribution < -0.4 is 10.6 Å². The lowest BCUT2D eigenvalue weighted by Gasteiger charge is -2.21. The Kier molecular flexibility index (Phi) is 6.10. The van der Waals surface area contributed by atoms with Gasteiger partial charge in [-0.2, -0.15) is 5.26 Å². The highest BCUT2D eigenvalue weighted by atomic mass is 32.1. The fraction of sp³-hybridized carbons (Fsp3) is 0.364. The average molecular weight is 423 g/mol. The largest absolute Gasteiger partial charge is 0.449 e. The van der Waals surface area contributed by atoms with Crippen LogP contribution in [0.25, 0.3) is 6.08 Å². The van der Waals surface area contributed by atoms with E-state index in [2.05, 4.69) is 21.7 Å². The highest BCUT2D eigenvalue weighted by Gasteiger charge is 2.28. The van der Waals surface area contributed by atoms with E-state index in [1.165, 1.54) is 17.4 Å². The van der Waals surface area contributed by atoms with Crippen molar-refractivity contribution in [3.05, 3.63) is 52.2 Å². The summed E-state index contributed by atoms with van der Waals surface area (Å²) in [4.78, 5) is 29.1. The number of fused-ring (bicyclic) bond motifs is 1. The van der Waals surface area contributed by atoms with Crippen LogP contribution in [0.15, 0.2) is 30.6 Å². The number of rotatable bonds is 6. The molecule has 2 aliphatic rings. The Morgan fingerprint density at radius 1 is 1.37 bits per heavy atom. The maximum absolute atomic E-state index is 12.3. The summed E-state index contributed by atoms with van der Waals surface area (Å²) in [5, 5.41) is 15.9. The van der Waals surface area contributed by atoms with E-state index in [0.717, 1.165) is 48.1 Å². The number of carbonyl (C=O) groups is 2. The molecule has 2 heterocycles. The predicted molar refractivity (Wildman–Crippen MR) is 114 cm³/mol. The summed E-state index contributed by atoms with van der Waals surface area (Å²) in [5.74, 6) is -0.0627. The summed E-state index contributed by atoms with van der Waals surface area (Å²) in [7, 11) is 0. The van der Waals surface area contributed by atoms with E-state index in [1.807, 2.05) is 6.07 Å². The third kappa shape index (κ3) is 5.05. The van der Waals surface area contributed by atoms with Gasteiger partial charge in [0.25, 0.3) is 0 Å². The molecule has 154 valence electrons. The summed E-state index contributed by atoms with van der Waals surface area (Å²) >= 11 is 1.44. The molecule has 0 aliphatic heterocycles. The SMILES string of the molecule is N#Cc1c(NC(=O)C=Cc2cccnc2)sc2c1CCC(COC(=O)NC1CC1)C2. The molecule has 1 unspecified atom stereocenters. The molecule has 0 radical (unpaired) electrons. The van der Waals surface area contributed by atoms with Crippen LogP contribution in [0.2, 0.25) is 0 Å². The molecule has 1 saturated carbocycles. The van der Waals surface area contributed by atoms with E-state index in [9.17, 15) is 14.9 Å². The first-order valence-corrected chi connectivity index (χ1v) is 10.8. The van der Waals surface area contributed by atoms with Crippen molar-refractivity contribution in [3.63, 3.8) is 0 Å². The Labute approximate surface area is 178 Å². The van der Waals surface area contributed by atoms with Crippen molar-refractivity contribution in [1.82, 2.24) is 10.3 Å². The van der Waals surface area contributed by atoms with Crippen molar-refractivity contribution >= 4 is 34.4 Å². The van der Waals surface area contributed by atoms with Gasteiger partial charge in [0, 0.05) is 29.4 Å². The molecule has 8 heteroatoms. The maximum atomic E-state index is 12.3. The minimum absolute atomic E-state index is 0.224. The van der Waals surface area contributed by atoms with Gasteiger partial charge >= 0.3 is 6.09 Å². The van der Waals surface area contributed by atoms with Gasteiger partial charge in [-0.3, -0.25) is 9.78 Å².